The number of carbonyl (C=O) groups is 1. The maximum absolute atomic E-state index is 11.2. The maximum atomic E-state index is 11.2. The largest absolute Gasteiger partial charge is 0.480 e. The summed E-state index contributed by atoms with van der Waals surface area (Å²) >= 11 is 3.34. The van der Waals surface area contributed by atoms with E-state index in [9.17, 15) is 9.90 Å². The second kappa shape index (κ2) is 5.51. The second-order valence-corrected chi connectivity index (χ2v) is 4.93. The molecule has 2 unspecified atom stereocenters. The fourth-order valence-electron chi connectivity index (χ4n) is 1.90. The van der Waals surface area contributed by atoms with Gasteiger partial charge in [0.1, 0.15) is 0 Å². The third-order valence-electron chi connectivity index (χ3n) is 2.77. The van der Waals surface area contributed by atoms with Crippen LogP contribution in [0, 0.1) is 0 Å². The average Bonchev–Trinajstić information content (AvgIpc) is 2.81. The van der Waals surface area contributed by atoms with E-state index in [2.05, 4.69) is 21.2 Å². The third kappa shape index (κ3) is 3.20. The highest BCUT2D eigenvalue weighted by atomic mass is 79.9. The van der Waals surface area contributed by atoms with Gasteiger partial charge in [-0.15, -0.1) is 0 Å². The summed E-state index contributed by atoms with van der Waals surface area (Å²) in [6, 6.07) is 6.75. The summed E-state index contributed by atoms with van der Waals surface area (Å²) in [4.78, 5) is 11.2. The molecule has 92 valence electrons. The molecule has 0 aliphatic carbocycles. The molecular weight excluding hydrogens is 286 g/mol. The summed E-state index contributed by atoms with van der Waals surface area (Å²) in [5, 5.41) is 12.2. The molecule has 0 aromatic heterocycles. The first-order valence-electron chi connectivity index (χ1n) is 5.53. The van der Waals surface area contributed by atoms with Crippen molar-refractivity contribution in [1.82, 2.24) is 0 Å². The number of ether oxygens (including phenoxy) is 1. The molecule has 0 radical (unpaired) electrons. The smallest absolute Gasteiger partial charge is 0.328 e. The van der Waals surface area contributed by atoms with Crippen molar-refractivity contribution in [2.75, 3.05) is 11.9 Å². The number of carboxylic acid groups (broad SMARTS) is 1. The number of aliphatic carboxylic acids is 1. The predicted molar refractivity (Wildman–Crippen MR) is 68.2 cm³/mol. The Labute approximate surface area is 108 Å². The minimum Gasteiger partial charge on any atom is -0.480 e. The van der Waals surface area contributed by atoms with Crippen LogP contribution in [0.4, 0.5) is 5.69 Å². The molecule has 2 rings (SSSR count). The normalized spacial score (nSPS) is 21.1. The molecule has 0 saturated carbocycles. The zero-order valence-corrected chi connectivity index (χ0v) is 10.8. The van der Waals surface area contributed by atoms with Gasteiger partial charge in [0.25, 0.3) is 0 Å². The lowest BCUT2D eigenvalue weighted by Gasteiger charge is -2.21. The van der Waals surface area contributed by atoms with Gasteiger partial charge in [-0.3, -0.25) is 0 Å². The summed E-state index contributed by atoms with van der Waals surface area (Å²) < 4.78 is 6.38. The molecule has 1 aliphatic heterocycles. The van der Waals surface area contributed by atoms with E-state index in [-0.39, 0.29) is 6.10 Å². The molecule has 1 aliphatic rings. The third-order valence-corrected chi connectivity index (χ3v) is 3.30. The fraction of sp³-hybridized carbons (Fsp3) is 0.417. The van der Waals surface area contributed by atoms with Gasteiger partial charge >= 0.3 is 5.97 Å². The number of rotatable bonds is 4. The van der Waals surface area contributed by atoms with Crippen LogP contribution >= 0.6 is 15.9 Å². The van der Waals surface area contributed by atoms with E-state index < -0.39 is 12.0 Å². The number of carboxylic acids is 1. The van der Waals surface area contributed by atoms with Gasteiger partial charge in [0.2, 0.25) is 0 Å². The van der Waals surface area contributed by atoms with Gasteiger partial charge in [0.05, 0.1) is 6.10 Å². The Morgan fingerprint density at radius 1 is 1.47 bits per heavy atom. The molecule has 5 heteroatoms. The lowest BCUT2D eigenvalue weighted by Crippen LogP contribution is -2.40. The van der Waals surface area contributed by atoms with Crippen LogP contribution in [0.15, 0.2) is 28.7 Å². The van der Waals surface area contributed by atoms with Crippen LogP contribution < -0.4 is 5.32 Å². The highest BCUT2D eigenvalue weighted by molar-refractivity contribution is 9.10. The van der Waals surface area contributed by atoms with Crippen LogP contribution in [-0.2, 0) is 9.53 Å². The molecule has 1 fully saturated rings. The maximum Gasteiger partial charge on any atom is 0.328 e. The van der Waals surface area contributed by atoms with Crippen molar-refractivity contribution in [2.24, 2.45) is 0 Å². The number of anilines is 1. The molecular formula is C12H14BrNO3. The summed E-state index contributed by atoms with van der Waals surface area (Å²) in [5.41, 5.74) is 0.788. The van der Waals surface area contributed by atoms with Crippen LogP contribution in [-0.4, -0.2) is 29.8 Å². The number of nitrogens with one attached hydrogen (secondary N) is 1. The van der Waals surface area contributed by atoms with Crippen molar-refractivity contribution in [2.45, 2.75) is 25.0 Å². The van der Waals surface area contributed by atoms with Crippen molar-refractivity contribution >= 4 is 27.6 Å². The summed E-state index contributed by atoms with van der Waals surface area (Å²) in [5.74, 6) is -0.875. The molecule has 17 heavy (non-hydrogen) atoms. The minimum atomic E-state index is -0.875. The lowest BCUT2D eigenvalue weighted by molar-refractivity contribution is -0.140. The molecule has 0 bridgehead atoms. The van der Waals surface area contributed by atoms with Crippen molar-refractivity contribution < 1.29 is 14.6 Å². The zero-order valence-electron chi connectivity index (χ0n) is 9.23. The number of benzene rings is 1. The zero-order chi connectivity index (χ0) is 12.3. The number of halogens is 1. The monoisotopic (exact) mass is 299 g/mol. The van der Waals surface area contributed by atoms with Crippen LogP contribution in [0.1, 0.15) is 12.8 Å². The molecule has 1 heterocycles. The highest BCUT2D eigenvalue weighted by Crippen LogP contribution is 2.21. The van der Waals surface area contributed by atoms with Crippen LogP contribution in [0.25, 0.3) is 0 Å². The molecule has 1 saturated heterocycles. The quantitative estimate of drug-likeness (QED) is 0.897. The van der Waals surface area contributed by atoms with Crippen LogP contribution in [0.3, 0.4) is 0 Å². The first-order valence-corrected chi connectivity index (χ1v) is 6.32. The van der Waals surface area contributed by atoms with E-state index >= 15 is 0 Å². The van der Waals surface area contributed by atoms with Gasteiger partial charge in [-0.25, -0.2) is 4.79 Å². The Morgan fingerprint density at radius 3 is 2.71 bits per heavy atom. The first-order chi connectivity index (χ1) is 8.16. The first kappa shape index (κ1) is 12.4. The van der Waals surface area contributed by atoms with Gasteiger partial charge in [0.15, 0.2) is 6.04 Å². The van der Waals surface area contributed by atoms with Crippen molar-refractivity contribution in [3.63, 3.8) is 0 Å². The van der Waals surface area contributed by atoms with Gasteiger partial charge in [0, 0.05) is 16.8 Å². The topological polar surface area (TPSA) is 58.6 Å². The van der Waals surface area contributed by atoms with Gasteiger partial charge in [-0.05, 0) is 37.1 Å². The van der Waals surface area contributed by atoms with E-state index in [1.807, 2.05) is 24.3 Å². The second-order valence-electron chi connectivity index (χ2n) is 4.02. The molecule has 0 spiro atoms. The SMILES string of the molecule is O=C(O)C(Nc1ccc(Br)cc1)C1CCCO1. The van der Waals surface area contributed by atoms with E-state index in [1.165, 1.54) is 0 Å². The van der Waals surface area contributed by atoms with E-state index in [0.717, 1.165) is 23.0 Å². The van der Waals surface area contributed by atoms with Crippen molar-refractivity contribution in [1.29, 1.82) is 0 Å². The van der Waals surface area contributed by atoms with Crippen molar-refractivity contribution in [3.8, 4) is 0 Å². The van der Waals surface area contributed by atoms with E-state index in [1.54, 1.807) is 0 Å². The van der Waals surface area contributed by atoms with E-state index in [4.69, 9.17) is 4.74 Å². The summed E-state index contributed by atoms with van der Waals surface area (Å²) in [6.45, 7) is 0.649. The van der Waals surface area contributed by atoms with E-state index in [0.29, 0.717) is 6.61 Å². The molecule has 4 nitrogen and oxygen atoms in total. The Balaban J connectivity index is 2.06. The Hall–Kier alpha value is -1.07. The number of hydrogen-bond donors (Lipinski definition) is 2. The standard InChI is InChI=1S/C12H14BrNO3/c13-8-3-5-9(6-4-8)14-11(12(15)16)10-2-1-7-17-10/h3-6,10-11,14H,1-2,7H2,(H,15,16). The van der Waals surface area contributed by atoms with Gasteiger partial charge < -0.3 is 15.2 Å². The molecule has 1 aromatic carbocycles. The molecule has 1 aromatic rings. The molecule has 0 amide bonds. The van der Waals surface area contributed by atoms with Crippen molar-refractivity contribution in [3.05, 3.63) is 28.7 Å². The van der Waals surface area contributed by atoms with Gasteiger partial charge in [-0.1, -0.05) is 15.9 Å². The Bertz CT molecular complexity index is 387. The summed E-state index contributed by atoms with van der Waals surface area (Å²) in [7, 11) is 0. The Kier molecular flexibility index (Phi) is 4.02. The summed E-state index contributed by atoms with van der Waals surface area (Å²) in [6.07, 6.45) is 1.48. The minimum absolute atomic E-state index is 0.240. The number of hydrogen-bond acceptors (Lipinski definition) is 3. The molecule has 2 N–H and O–H groups in total. The van der Waals surface area contributed by atoms with Gasteiger partial charge in [-0.2, -0.15) is 0 Å². The highest BCUT2D eigenvalue weighted by Gasteiger charge is 2.31. The van der Waals surface area contributed by atoms with Crippen LogP contribution in [0.5, 0.6) is 0 Å². The van der Waals surface area contributed by atoms with Crippen LogP contribution in [0.2, 0.25) is 0 Å². The Morgan fingerprint density at radius 2 is 2.18 bits per heavy atom. The molecule has 2 atom stereocenters. The predicted octanol–water partition coefficient (Wildman–Crippen LogP) is 2.49. The fourth-order valence-corrected chi connectivity index (χ4v) is 2.17. The lowest BCUT2D eigenvalue weighted by atomic mass is 10.1. The average molecular weight is 300 g/mol.